The summed E-state index contributed by atoms with van der Waals surface area (Å²) in [6.07, 6.45) is 0. The lowest BCUT2D eigenvalue weighted by molar-refractivity contribution is 0.173. The number of rotatable bonds is 4. The first-order chi connectivity index (χ1) is 8.14. The van der Waals surface area contributed by atoms with Crippen molar-refractivity contribution in [2.75, 3.05) is 27.1 Å². The van der Waals surface area contributed by atoms with Crippen molar-refractivity contribution in [3.63, 3.8) is 0 Å². The van der Waals surface area contributed by atoms with Crippen molar-refractivity contribution >= 4 is 0 Å². The molecule has 1 atom stereocenters. The summed E-state index contributed by atoms with van der Waals surface area (Å²) in [5.74, 6) is 1.97. The Morgan fingerprint density at radius 3 is 2.59 bits per heavy atom. The lowest BCUT2D eigenvalue weighted by Gasteiger charge is -2.27. The average molecular weight is 239 g/mol. The Kier molecular flexibility index (Phi) is 3.13. The Morgan fingerprint density at radius 1 is 1.41 bits per heavy atom. The minimum atomic E-state index is -0.549. The largest absolute Gasteiger partial charge is 0.496 e. The highest BCUT2D eigenvalue weighted by Gasteiger charge is 2.30. The summed E-state index contributed by atoms with van der Waals surface area (Å²) < 4.78 is 15.9. The van der Waals surface area contributed by atoms with E-state index in [-0.39, 0.29) is 13.4 Å². The van der Waals surface area contributed by atoms with Gasteiger partial charge < -0.3 is 25.1 Å². The van der Waals surface area contributed by atoms with E-state index in [1.54, 1.807) is 13.2 Å². The molecule has 5 nitrogen and oxygen atoms in total. The van der Waals surface area contributed by atoms with E-state index in [4.69, 9.17) is 19.9 Å². The summed E-state index contributed by atoms with van der Waals surface area (Å²) in [5.41, 5.74) is 6.01. The highest BCUT2D eigenvalue weighted by atomic mass is 16.7. The molecule has 0 spiro atoms. The number of hydrogen-bond acceptors (Lipinski definition) is 5. The SMILES string of the molecule is COc1cc2c(cc1C(C)(CN)CO)OCO2. The topological polar surface area (TPSA) is 73.9 Å². The Labute approximate surface area is 100 Å². The van der Waals surface area contributed by atoms with Crippen molar-refractivity contribution in [1.82, 2.24) is 0 Å². The van der Waals surface area contributed by atoms with Crippen LogP contribution >= 0.6 is 0 Å². The Bertz CT molecular complexity index is 415. The molecule has 0 fully saturated rings. The Hall–Kier alpha value is -1.46. The number of aliphatic hydroxyl groups is 1. The van der Waals surface area contributed by atoms with Crippen molar-refractivity contribution < 1.29 is 19.3 Å². The lowest BCUT2D eigenvalue weighted by Crippen LogP contribution is -2.35. The third kappa shape index (κ3) is 1.92. The summed E-state index contributed by atoms with van der Waals surface area (Å²) in [6, 6.07) is 3.59. The van der Waals surface area contributed by atoms with Crippen LogP contribution in [0.4, 0.5) is 0 Å². The summed E-state index contributed by atoms with van der Waals surface area (Å²) >= 11 is 0. The summed E-state index contributed by atoms with van der Waals surface area (Å²) in [4.78, 5) is 0. The van der Waals surface area contributed by atoms with E-state index in [1.165, 1.54) is 0 Å². The molecule has 17 heavy (non-hydrogen) atoms. The Balaban J connectivity index is 2.52. The maximum atomic E-state index is 9.50. The van der Waals surface area contributed by atoms with Crippen LogP contribution in [0, 0.1) is 0 Å². The quantitative estimate of drug-likeness (QED) is 0.806. The van der Waals surface area contributed by atoms with Crippen LogP contribution in [-0.2, 0) is 5.41 Å². The molecule has 0 saturated heterocycles. The van der Waals surface area contributed by atoms with Crippen LogP contribution in [0.1, 0.15) is 12.5 Å². The van der Waals surface area contributed by atoms with Gasteiger partial charge in [0.25, 0.3) is 0 Å². The van der Waals surface area contributed by atoms with E-state index in [0.29, 0.717) is 23.8 Å². The van der Waals surface area contributed by atoms with Crippen LogP contribution in [0.2, 0.25) is 0 Å². The molecular weight excluding hydrogens is 222 g/mol. The second kappa shape index (κ2) is 4.43. The van der Waals surface area contributed by atoms with Crippen molar-refractivity contribution in [1.29, 1.82) is 0 Å². The van der Waals surface area contributed by atoms with E-state index in [0.717, 1.165) is 5.56 Å². The molecule has 5 heteroatoms. The zero-order valence-corrected chi connectivity index (χ0v) is 10.0. The number of hydrogen-bond donors (Lipinski definition) is 2. The average Bonchev–Trinajstić information content (AvgIpc) is 2.83. The molecule has 1 aliphatic rings. The number of benzene rings is 1. The van der Waals surface area contributed by atoms with Gasteiger partial charge in [-0.1, -0.05) is 6.92 Å². The molecule has 0 saturated carbocycles. The second-order valence-corrected chi connectivity index (χ2v) is 4.33. The summed E-state index contributed by atoms with van der Waals surface area (Å²) in [6.45, 7) is 2.35. The van der Waals surface area contributed by atoms with Gasteiger partial charge in [-0.3, -0.25) is 0 Å². The summed E-state index contributed by atoms with van der Waals surface area (Å²) in [7, 11) is 1.58. The molecule has 0 radical (unpaired) electrons. The molecule has 1 unspecified atom stereocenters. The maximum Gasteiger partial charge on any atom is 0.231 e. The van der Waals surface area contributed by atoms with Crippen molar-refractivity contribution in [2.45, 2.75) is 12.3 Å². The lowest BCUT2D eigenvalue weighted by atomic mass is 9.82. The maximum absolute atomic E-state index is 9.50. The first kappa shape index (κ1) is 12.0. The number of ether oxygens (including phenoxy) is 3. The molecule has 0 aliphatic carbocycles. The van der Waals surface area contributed by atoms with Gasteiger partial charge >= 0.3 is 0 Å². The zero-order valence-electron chi connectivity index (χ0n) is 10.0. The predicted molar refractivity (Wildman–Crippen MR) is 62.6 cm³/mol. The Morgan fingerprint density at radius 2 is 2.06 bits per heavy atom. The van der Waals surface area contributed by atoms with Crippen LogP contribution in [0.3, 0.4) is 0 Å². The van der Waals surface area contributed by atoms with Crippen LogP contribution in [0.25, 0.3) is 0 Å². The van der Waals surface area contributed by atoms with Gasteiger partial charge in [-0.2, -0.15) is 0 Å². The molecule has 1 heterocycles. The number of fused-ring (bicyclic) bond motifs is 1. The molecule has 1 aliphatic heterocycles. The first-order valence-corrected chi connectivity index (χ1v) is 5.43. The zero-order chi connectivity index (χ0) is 12.5. The predicted octanol–water partition coefficient (Wildman–Crippen LogP) is 0.633. The monoisotopic (exact) mass is 239 g/mol. The van der Waals surface area contributed by atoms with Gasteiger partial charge in [0.05, 0.1) is 13.7 Å². The van der Waals surface area contributed by atoms with Gasteiger partial charge in [0.2, 0.25) is 6.79 Å². The molecular formula is C12H17NO4. The van der Waals surface area contributed by atoms with Gasteiger partial charge in [0.1, 0.15) is 5.75 Å². The van der Waals surface area contributed by atoms with Crippen LogP contribution in [0.5, 0.6) is 17.2 Å². The fraction of sp³-hybridized carbons (Fsp3) is 0.500. The van der Waals surface area contributed by atoms with Crippen LogP contribution in [0.15, 0.2) is 12.1 Å². The fourth-order valence-corrected chi connectivity index (χ4v) is 1.82. The van der Waals surface area contributed by atoms with Gasteiger partial charge in [-0.05, 0) is 6.07 Å². The smallest absolute Gasteiger partial charge is 0.231 e. The molecule has 3 N–H and O–H groups in total. The number of nitrogens with two attached hydrogens (primary N) is 1. The standard InChI is InChI=1S/C12H17NO4/c1-12(5-13,6-14)8-3-10-11(17-7-16-10)4-9(8)15-2/h3-4,14H,5-7,13H2,1-2H3. The highest BCUT2D eigenvalue weighted by molar-refractivity contribution is 5.54. The molecule has 94 valence electrons. The molecule has 0 amide bonds. The fourth-order valence-electron chi connectivity index (χ4n) is 1.82. The van der Waals surface area contributed by atoms with E-state index in [2.05, 4.69) is 0 Å². The van der Waals surface area contributed by atoms with Gasteiger partial charge in [-0.25, -0.2) is 0 Å². The molecule has 2 rings (SSSR count). The van der Waals surface area contributed by atoms with Crippen LogP contribution in [-0.4, -0.2) is 32.2 Å². The van der Waals surface area contributed by atoms with Gasteiger partial charge in [-0.15, -0.1) is 0 Å². The second-order valence-electron chi connectivity index (χ2n) is 4.33. The van der Waals surface area contributed by atoms with E-state index in [1.807, 2.05) is 13.0 Å². The molecule has 1 aromatic rings. The van der Waals surface area contributed by atoms with E-state index in [9.17, 15) is 5.11 Å². The molecule has 1 aromatic carbocycles. The highest BCUT2D eigenvalue weighted by Crippen LogP contribution is 2.42. The normalized spacial score (nSPS) is 16.7. The van der Waals surface area contributed by atoms with Crippen molar-refractivity contribution in [3.8, 4) is 17.2 Å². The van der Waals surface area contributed by atoms with Crippen molar-refractivity contribution in [3.05, 3.63) is 17.7 Å². The molecule has 0 bridgehead atoms. The third-order valence-electron chi connectivity index (χ3n) is 3.14. The van der Waals surface area contributed by atoms with Crippen molar-refractivity contribution in [2.24, 2.45) is 5.73 Å². The van der Waals surface area contributed by atoms with Crippen LogP contribution < -0.4 is 19.9 Å². The minimum absolute atomic E-state index is 0.0560. The summed E-state index contributed by atoms with van der Waals surface area (Å²) in [5, 5.41) is 9.50. The number of methoxy groups -OCH3 is 1. The van der Waals surface area contributed by atoms with E-state index >= 15 is 0 Å². The number of aliphatic hydroxyl groups excluding tert-OH is 1. The molecule has 0 aromatic heterocycles. The minimum Gasteiger partial charge on any atom is -0.496 e. The van der Waals surface area contributed by atoms with E-state index < -0.39 is 5.41 Å². The van der Waals surface area contributed by atoms with Gasteiger partial charge in [0, 0.05) is 23.6 Å². The first-order valence-electron chi connectivity index (χ1n) is 5.43. The van der Waals surface area contributed by atoms with Gasteiger partial charge in [0.15, 0.2) is 11.5 Å². The third-order valence-corrected chi connectivity index (χ3v) is 3.14.